The summed E-state index contributed by atoms with van der Waals surface area (Å²) in [6.45, 7) is 3.57. The quantitative estimate of drug-likeness (QED) is 0.688. The summed E-state index contributed by atoms with van der Waals surface area (Å²) in [5.41, 5.74) is 6.30. The van der Waals surface area contributed by atoms with E-state index in [1.54, 1.807) is 6.20 Å². The monoisotopic (exact) mass is 247 g/mol. The van der Waals surface area contributed by atoms with Crippen LogP contribution in [0.4, 0.5) is 11.5 Å². The molecule has 2 aromatic rings. The SMILES string of the molecule is Nc1cnn(CCNc2ccnn2C2CNC2)c1. The van der Waals surface area contributed by atoms with Crippen LogP contribution in [0.3, 0.4) is 0 Å². The lowest BCUT2D eigenvalue weighted by atomic mass is 10.2. The molecule has 18 heavy (non-hydrogen) atoms. The smallest absolute Gasteiger partial charge is 0.124 e. The Kier molecular flexibility index (Phi) is 2.89. The van der Waals surface area contributed by atoms with Gasteiger partial charge in [0.15, 0.2) is 0 Å². The van der Waals surface area contributed by atoms with Crippen LogP contribution in [0.2, 0.25) is 0 Å². The third-order valence-corrected chi connectivity index (χ3v) is 3.08. The average molecular weight is 247 g/mol. The molecule has 0 amide bonds. The van der Waals surface area contributed by atoms with Crippen molar-refractivity contribution in [1.29, 1.82) is 0 Å². The Labute approximate surface area is 105 Å². The number of nitrogen functional groups attached to an aromatic ring is 1. The fraction of sp³-hybridized carbons (Fsp3) is 0.455. The molecule has 1 aliphatic rings. The highest BCUT2D eigenvalue weighted by Crippen LogP contribution is 2.17. The van der Waals surface area contributed by atoms with Gasteiger partial charge in [0.2, 0.25) is 0 Å². The molecule has 1 fully saturated rings. The number of nitrogens with two attached hydrogens (primary N) is 1. The fourth-order valence-corrected chi connectivity index (χ4v) is 1.99. The van der Waals surface area contributed by atoms with Crippen LogP contribution in [-0.2, 0) is 6.54 Å². The predicted molar refractivity (Wildman–Crippen MR) is 69.3 cm³/mol. The second-order valence-electron chi connectivity index (χ2n) is 4.44. The normalized spacial score (nSPS) is 15.6. The summed E-state index contributed by atoms with van der Waals surface area (Å²) in [4.78, 5) is 0. The first kappa shape index (κ1) is 11.1. The number of hydrogen-bond donors (Lipinski definition) is 3. The maximum absolute atomic E-state index is 5.61. The van der Waals surface area contributed by atoms with Crippen molar-refractivity contribution >= 4 is 11.5 Å². The molecule has 3 rings (SSSR count). The highest BCUT2D eigenvalue weighted by atomic mass is 15.4. The first-order chi connectivity index (χ1) is 8.83. The van der Waals surface area contributed by atoms with Crippen molar-refractivity contribution in [1.82, 2.24) is 24.9 Å². The van der Waals surface area contributed by atoms with Crippen molar-refractivity contribution in [3.8, 4) is 0 Å². The van der Waals surface area contributed by atoms with Crippen LogP contribution in [0.25, 0.3) is 0 Å². The number of nitrogens with one attached hydrogen (secondary N) is 2. The topological polar surface area (TPSA) is 85.7 Å². The Bertz CT molecular complexity index is 511. The molecule has 7 heteroatoms. The van der Waals surface area contributed by atoms with Gasteiger partial charge in [0.05, 0.1) is 30.7 Å². The van der Waals surface area contributed by atoms with Gasteiger partial charge < -0.3 is 16.4 Å². The molecular formula is C11H17N7. The van der Waals surface area contributed by atoms with E-state index >= 15 is 0 Å². The Morgan fingerprint density at radius 3 is 3.00 bits per heavy atom. The largest absolute Gasteiger partial charge is 0.396 e. The molecule has 0 atom stereocenters. The van der Waals surface area contributed by atoms with E-state index in [2.05, 4.69) is 20.8 Å². The number of hydrogen-bond acceptors (Lipinski definition) is 5. The van der Waals surface area contributed by atoms with Crippen LogP contribution in [-0.4, -0.2) is 39.2 Å². The minimum Gasteiger partial charge on any atom is -0.396 e. The van der Waals surface area contributed by atoms with Gasteiger partial charge in [-0.05, 0) is 0 Å². The highest BCUT2D eigenvalue weighted by Gasteiger charge is 2.21. The molecule has 0 unspecified atom stereocenters. The van der Waals surface area contributed by atoms with Crippen molar-refractivity contribution in [3.05, 3.63) is 24.7 Å². The van der Waals surface area contributed by atoms with Crippen molar-refractivity contribution in [2.75, 3.05) is 30.7 Å². The van der Waals surface area contributed by atoms with Gasteiger partial charge in [0, 0.05) is 31.9 Å². The molecule has 1 aliphatic heterocycles. The Balaban J connectivity index is 1.55. The molecule has 4 N–H and O–H groups in total. The molecule has 2 aromatic heterocycles. The summed E-state index contributed by atoms with van der Waals surface area (Å²) < 4.78 is 3.86. The van der Waals surface area contributed by atoms with Crippen LogP contribution in [0.5, 0.6) is 0 Å². The molecule has 7 nitrogen and oxygen atoms in total. The van der Waals surface area contributed by atoms with Crippen LogP contribution in [0, 0.1) is 0 Å². The molecule has 3 heterocycles. The lowest BCUT2D eigenvalue weighted by Gasteiger charge is -2.28. The minimum absolute atomic E-state index is 0.475. The van der Waals surface area contributed by atoms with E-state index < -0.39 is 0 Å². The van der Waals surface area contributed by atoms with Crippen LogP contribution >= 0.6 is 0 Å². The number of nitrogens with zero attached hydrogens (tertiary/aromatic N) is 4. The van der Waals surface area contributed by atoms with E-state index in [0.29, 0.717) is 11.7 Å². The van der Waals surface area contributed by atoms with E-state index in [-0.39, 0.29) is 0 Å². The van der Waals surface area contributed by atoms with Crippen molar-refractivity contribution in [2.24, 2.45) is 0 Å². The molecule has 0 spiro atoms. The average Bonchev–Trinajstić information content (AvgIpc) is 2.87. The highest BCUT2D eigenvalue weighted by molar-refractivity contribution is 5.35. The van der Waals surface area contributed by atoms with Gasteiger partial charge in [0.1, 0.15) is 5.82 Å². The van der Waals surface area contributed by atoms with Gasteiger partial charge in [-0.2, -0.15) is 10.2 Å². The second-order valence-corrected chi connectivity index (χ2v) is 4.44. The summed E-state index contributed by atoms with van der Waals surface area (Å²) in [7, 11) is 0. The van der Waals surface area contributed by atoms with Crippen LogP contribution < -0.4 is 16.4 Å². The minimum atomic E-state index is 0.475. The van der Waals surface area contributed by atoms with Gasteiger partial charge in [0.25, 0.3) is 0 Å². The Morgan fingerprint density at radius 2 is 2.33 bits per heavy atom. The van der Waals surface area contributed by atoms with Gasteiger partial charge >= 0.3 is 0 Å². The molecule has 0 bridgehead atoms. The maximum Gasteiger partial charge on any atom is 0.124 e. The van der Waals surface area contributed by atoms with E-state index in [0.717, 1.165) is 32.0 Å². The lowest BCUT2D eigenvalue weighted by molar-refractivity contribution is 0.321. The molecule has 0 radical (unpaired) electrons. The lowest BCUT2D eigenvalue weighted by Crippen LogP contribution is -2.44. The first-order valence-electron chi connectivity index (χ1n) is 6.09. The van der Waals surface area contributed by atoms with Gasteiger partial charge in [-0.3, -0.25) is 4.68 Å². The summed E-state index contributed by atoms with van der Waals surface area (Å²) >= 11 is 0. The molecule has 0 saturated carbocycles. The molecular weight excluding hydrogens is 230 g/mol. The number of anilines is 2. The summed E-state index contributed by atoms with van der Waals surface area (Å²) in [5, 5.41) is 15.1. The molecule has 0 aliphatic carbocycles. The standard InChI is InChI=1S/C11H17N7/c12-9-5-16-17(8-9)4-3-14-11-1-2-15-18(11)10-6-13-7-10/h1-2,5,8,10,13-14H,3-4,6-7,12H2. The van der Waals surface area contributed by atoms with E-state index in [1.807, 2.05) is 27.8 Å². The molecule has 0 aromatic carbocycles. The second kappa shape index (κ2) is 4.69. The zero-order valence-corrected chi connectivity index (χ0v) is 10.1. The van der Waals surface area contributed by atoms with Crippen molar-refractivity contribution in [3.63, 3.8) is 0 Å². The van der Waals surface area contributed by atoms with Gasteiger partial charge in [-0.15, -0.1) is 0 Å². The van der Waals surface area contributed by atoms with Crippen LogP contribution in [0.15, 0.2) is 24.7 Å². The third kappa shape index (κ3) is 2.17. The predicted octanol–water partition coefficient (Wildman–Crippen LogP) is -0.0818. The number of rotatable bonds is 5. The van der Waals surface area contributed by atoms with Gasteiger partial charge in [-0.1, -0.05) is 0 Å². The summed E-state index contributed by atoms with van der Waals surface area (Å²) in [6.07, 6.45) is 5.31. The summed E-state index contributed by atoms with van der Waals surface area (Å²) in [5.74, 6) is 1.06. The zero-order valence-electron chi connectivity index (χ0n) is 10.1. The number of aromatic nitrogens is 4. The Morgan fingerprint density at radius 1 is 1.44 bits per heavy atom. The van der Waals surface area contributed by atoms with Crippen LogP contribution in [0.1, 0.15) is 6.04 Å². The van der Waals surface area contributed by atoms with E-state index in [1.165, 1.54) is 0 Å². The fourth-order valence-electron chi connectivity index (χ4n) is 1.99. The van der Waals surface area contributed by atoms with Crippen molar-refractivity contribution < 1.29 is 0 Å². The van der Waals surface area contributed by atoms with E-state index in [9.17, 15) is 0 Å². The van der Waals surface area contributed by atoms with E-state index in [4.69, 9.17) is 5.73 Å². The molecule has 96 valence electrons. The first-order valence-corrected chi connectivity index (χ1v) is 6.09. The van der Waals surface area contributed by atoms with Gasteiger partial charge in [-0.25, -0.2) is 4.68 Å². The van der Waals surface area contributed by atoms with Crippen molar-refractivity contribution in [2.45, 2.75) is 12.6 Å². The third-order valence-electron chi connectivity index (χ3n) is 3.08. The zero-order chi connectivity index (χ0) is 12.4. The summed E-state index contributed by atoms with van der Waals surface area (Å²) in [6, 6.07) is 2.47. The Hall–Kier alpha value is -2.02. The molecule has 1 saturated heterocycles. The maximum atomic E-state index is 5.61.